The predicted octanol–water partition coefficient (Wildman–Crippen LogP) is 2.17. The molecule has 0 unspecified atom stereocenters. The standard InChI is InChI=1S/C15H14F2N2O3S2/c16-12-3-1-11(2-4-12)14(20)18-6-8-19(9-7-18)24(21,22)15-13(17)5-10-23-15/h1-5,10H,6-9H2. The van der Waals surface area contributed by atoms with Crippen LogP contribution in [0.2, 0.25) is 0 Å². The third kappa shape index (κ3) is 3.19. The Morgan fingerprint density at radius 2 is 1.62 bits per heavy atom. The lowest BCUT2D eigenvalue weighted by Crippen LogP contribution is -2.50. The van der Waals surface area contributed by atoms with Gasteiger partial charge in [0.05, 0.1) is 0 Å². The molecule has 1 aliphatic heterocycles. The minimum absolute atomic E-state index is 0.0899. The van der Waals surface area contributed by atoms with Gasteiger partial charge in [-0.25, -0.2) is 17.2 Å². The number of carbonyl (C=O) groups excluding carboxylic acids is 1. The second kappa shape index (κ2) is 6.58. The first-order valence-corrected chi connectivity index (χ1v) is 9.49. The summed E-state index contributed by atoms with van der Waals surface area (Å²) in [7, 11) is -3.88. The number of sulfonamides is 1. The molecule has 0 bridgehead atoms. The van der Waals surface area contributed by atoms with E-state index in [1.807, 2.05) is 0 Å². The molecule has 0 atom stereocenters. The highest BCUT2D eigenvalue weighted by Crippen LogP contribution is 2.25. The Labute approximate surface area is 142 Å². The SMILES string of the molecule is O=C(c1ccc(F)cc1)N1CCN(S(=O)(=O)c2sccc2F)CC1. The van der Waals surface area contributed by atoms with Crippen LogP contribution in [0, 0.1) is 11.6 Å². The summed E-state index contributed by atoms with van der Waals surface area (Å²) in [5, 5.41) is 1.39. The van der Waals surface area contributed by atoms with Crippen molar-refractivity contribution < 1.29 is 22.0 Å². The van der Waals surface area contributed by atoms with E-state index in [0.29, 0.717) is 5.56 Å². The molecule has 2 heterocycles. The van der Waals surface area contributed by atoms with E-state index in [0.717, 1.165) is 17.4 Å². The van der Waals surface area contributed by atoms with Gasteiger partial charge in [-0.15, -0.1) is 11.3 Å². The van der Waals surface area contributed by atoms with Crippen LogP contribution in [0.4, 0.5) is 8.78 Å². The van der Waals surface area contributed by atoms with E-state index in [1.54, 1.807) is 0 Å². The Hall–Kier alpha value is -1.84. The van der Waals surface area contributed by atoms with Gasteiger partial charge >= 0.3 is 0 Å². The molecule has 2 aromatic rings. The molecule has 0 spiro atoms. The highest BCUT2D eigenvalue weighted by molar-refractivity contribution is 7.91. The molecule has 1 saturated heterocycles. The van der Waals surface area contributed by atoms with Crippen LogP contribution < -0.4 is 0 Å². The summed E-state index contributed by atoms with van der Waals surface area (Å²) in [6.07, 6.45) is 0. The normalized spacial score (nSPS) is 16.3. The highest BCUT2D eigenvalue weighted by Gasteiger charge is 2.32. The first kappa shape index (κ1) is 17.0. The summed E-state index contributed by atoms with van der Waals surface area (Å²) in [5.74, 6) is -1.47. The molecule has 5 nitrogen and oxygen atoms in total. The molecule has 1 aliphatic rings. The first-order valence-electron chi connectivity index (χ1n) is 7.17. The van der Waals surface area contributed by atoms with Crippen LogP contribution >= 0.6 is 11.3 Å². The lowest BCUT2D eigenvalue weighted by atomic mass is 10.2. The van der Waals surface area contributed by atoms with Crippen LogP contribution in [0.1, 0.15) is 10.4 Å². The summed E-state index contributed by atoms with van der Waals surface area (Å²) >= 11 is 0.835. The number of piperazine rings is 1. The van der Waals surface area contributed by atoms with Gasteiger partial charge in [-0.2, -0.15) is 4.31 Å². The molecule has 1 amide bonds. The fraction of sp³-hybridized carbons (Fsp3) is 0.267. The number of amides is 1. The first-order chi connectivity index (χ1) is 11.4. The minimum atomic E-state index is -3.88. The summed E-state index contributed by atoms with van der Waals surface area (Å²) in [6.45, 7) is 0.573. The largest absolute Gasteiger partial charge is 0.336 e. The number of benzene rings is 1. The Kier molecular flexibility index (Phi) is 4.66. The molecule has 1 aromatic carbocycles. The Morgan fingerprint density at radius 1 is 1.00 bits per heavy atom. The lowest BCUT2D eigenvalue weighted by molar-refractivity contribution is 0.0698. The average Bonchev–Trinajstić information content (AvgIpc) is 3.02. The van der Waals surface area contributed by atoms with Crippen molar-refractivity contribution in [1.82, 2.24) is 9.21 Å². The molecule has 0 radical (unpaired) electrons. The van der Waals surface area contributed by atoms with Gasteiger partial charge in [0.2, 0.25) is 0 Å². The van der Waals surface area contributed by atoms with E-state index in [4.69, 9.17) is 0 Å². The predicted molar refractivity (Wildman–Crippen MR) is 85.3 cm³/mol. The number of carbonyl (C=O) groups is 1. The lowest BCUT2D eigenvalue weighted by Gasteiger charge is -2.33. The van der Waals surface area contributed by atoms with E-state index >= 15 is 0 Å². The molecular formula is C15H14F2N2O3S2. The van der Waals surface area contributed by atoms with Gasteiger partial charge in [0, 0.05) is 31.7 Å². The van der Waals surface area contributed by atoms with Crippen molar-refractivity contribution in [1.29, 1.82) is 0 Å². The molecule has 0 aliphatic carbocycles. The summed E-state index contributed by atoms with van der Waals surface area (Å²) in [4.78, 5) is 13.8. The molecule has 1 fully saturated rings. The summed E-state index contributed by atoms with van der Waals surface area (Å²) in [6, 6.07) is 6.30. The van der Waals surface area contributed by atoms with Crippen LogP contribution in [0.25, 0.3) is 0 Å². The number of hydrogen-bond donors (Lipinski definition) is 0. The van der Waals surface area contributed by atoms with Crippen molar-refractivity contribution in [2.75, 3.05) is 26.2 Å². The maximum atomic E-state index is 13.6. The van der Waals surface area contributed by atoms with Crippen molar-refractivity contribution in [2.45, 2.75) is 4.21 Å². The van der Waals surface area contributed by atoms with E-state index in [9.17, 15) is 22.0 Å². The maximum absolute atomic E-state index is 13.6. The van der Waals surface area contributed by atoms with Gasteiger partial charge < -0.3 is 4.90 Å². The fourth-order valence-electron chi connectivity index (χ4n) is 2.49. The molecule has 0 saturated carbocycles. The van der Waals surface area contributed by atoms with Crippen molar-refractivity contribution in [3.05, 3.63) is 52.9 Å². The van der Waals surface area contributed by atoms with Crippen LogP contribution in [0.5, 0.6) is 0 Å². The summed E-state index contributed by atoms with van der Waals surface area (Å²) < 4.78 is 52.2. The number of nitrogens with zero attached hydrogens (tertiary/aromatic N) is 2. The van der Waals surface area contributed by atoms with Crippen LogP contribution in [0.3, 0.4) is 0 Å². The molecular weight excluding hydrogens is 358 g/mol. The Bertz CT molecular complexity index is 842. The molecule has 3 rings (SSSR count). The van der Waals surface area contributed by atoms with Gasteiger partial charge in [-0.1, -0.05) is 0 Å². The maximum Gasteiger partial charge on any atom is 0.255 e. The number of thiophene rings is 1. The van der Waals surface area contributed by atoms with Crippen LogP contribution in [-0.2, 0) is 10.0 Å². The second-order valence-corrected chi connectivity index (χ2v) is 8.31. The zero-order chi connectivity index (χ0) is 17.3. The number of halogens is 2. The van der Waals surface area contributed by atoms with Gasteiger partial charge in [0.25, 0.3) is 15.9 Å². The molecule has 24 heavy (non-hydrogen) atoms. The zero-order valence-corrected chi connectivity index (χ0v) is 14.1. The van der Waals surface area contributed by atoms with Gasteiger partial charge in [0.15, 0.2) is 10.0 Å². The van der Waals surface area contributed by atoms with Crippen LogP contribution in [-0.4, -0.2) is 49.7 Å². The number of rotatable bonds is 3. The van der Waals surface area contributed by atoms with Crippen LogP contribution in [0.15, 0.2) is 39.9 Å². The molecule has 9 heteroatoms. The third-order valence-corrected chi connectivity index (χ3v) is 7.09. The monoisotopic (exact) mass is 372 g/mol. The molecule has 1 aromatic heterocycles. The second-order valence-electron chi connectivity index (χ2n) is 5.26. The Morgan fingerprint density at radius 3 is 2.17 bits per heavy atom. The van der Waals surface area contributed by atoms with Gasteiger partial charge in [-0.3, -0.25) is 4.79 Å². The zero-order valence-electron chi connectivity index (χ0n) is 12.5. The van der Waals surface area contributed by atoms with E-state index in [2.05, 4.69) is 0 Å². The number of hydrogen-bond acceptors (Lipinski definition) is 4. The topological polar surface area (TPSA) is 57.7 Å². The van der Waals surface area contributed by atoms with E-state index in [1.165, 1.54) is 38.9 Å². The fourth-order valence-corrected chi connectivity index (χ4v) is 5.14. The minimum Gasteiger partial charge on any atom is -0.336 e. The average molecular weight is 372 g/mol. The smallest absolute Gasteiger partial charge is 0.255 e. The van der Waals surface area contributed by atoms with Gasteiger partial charge in [-0.05, 0) is 35.7 Å². The summed E-state index contributed by atoms with van der Waals surface area (Å²) in [5.41, 5.74) is 0.344. The van der Waals surface area contributed by atoms with Crippen molar-refractivity contribution >= 4 is 27.3 Å². The van der Waals surface area contributed by atoms with Crippen molar-refractivity contribution in [2.24, 2.45) is 0 Å². The van der Waals surface area contributed by atoms with E-state index in [-0.39, 0.29) is 36.3 Å². The van der Waals surface area contributed by atoms with Gasteiger partial charge in [0.1, 0.15) is 5.82 Å². The van der Waals surface area contributed by atoms with Crippen molar-refractivity contribution in [3.63, 3.8) is 0 Å². The third-order valence-electron chi connectivity index (χ3n) is 3.78. The molecule has 128 valence electrons. The highest BCUT2D eigenvalue weighted by atomic mass is 32.2. The van der Waals surface area contributed by atoms with Crippen molar-refractivity contribution in [3.8, 4) is 0 Å². The van der Waals surface area contributed by atoms with E-state index < -0.39 is 21.7 Å². The molecule has 0 N–H and O–H groups in total. The quantitative estimate of drug-likeness (QED) is 0.830. The Balaban J connectivity index is 1.69.